The molecule has 0 saturated carbocycles. The summed E-state index contributed by atoms with van der Waals surface area (Å²) >= 11 is 1.48. The maximum atomic E-state index is 5.66. The van der Waals surface area contributed by atoms with E-state index < -0.39 is 0 Å². The van der Waals surface area contributed by atoms with Gasteiger partial charge in [-0.2, -0.15) is 0 Å². The van der Waals surface area contributed by atoms with Crippen LogP contribution in [0.25, 0.3) is 21.6 Å². The zero-order chi connectivity index (χ0) is 11.1. The lowest BCUT2D eigenvalue weighted by Gasteiger charge is -1.99. The van der Waals surface area contributed by atoms with Crippen LogP contribution in [0.1, 0.15) is 0 Å². The quantitative estimate of drug-likeness (QED) is 0.691. The van der Waals surface area contributed by atoms with Crippen molar-refractivity contribution in [1.29, 1.82) is 0 Å². The first-order valence-corrected chi connectivity index (χ1v) is 5.56. The van der Waals surface area contributed by atoms with Gasteiger partial charge >= 0.3 is 0 Å². The molecule has 0 spiro atoms. The fourth-order valence-electron chi connectivity index (χ4n) is 1.63. The first-order valence-electron chi connectivity index (χ1n) is 4.74. The van der Waals surface area contributed by atoms with Crippen molar-refractivity contribution in [3.05, 3.63) is 24.5 Å². The van der Waals surface area contributed by atoms with Gasteiger partial charge in [-0.3, -0.25) is 0 Å². The fourth-order valence-corrected chi connectivity index (χ4v) is 2.40. The van der Waals surface area contributed by atoms with Crippen LogP contribution in [0.2, 0.25) is 0 Å². The molecule has 0 radical (unpaired) electrons. The number of aromatic nitrogens is 4. The Hall–Kier alpha value is -1.95. The molecule has 0 aliphatic carbocycles. The summed E-state index contributed by atoms with van der Waals surface area (Å²) in [5.41, 5.74) is 7.61. The number of thiazole rings is 1. The molecule has 3 aromatic rings. The Bertz CT molecular complexity index is 654. The van der Waals surface area contributed by atoms with E-state index in [0.29, 0.717) is 5.13 Å². The molecule has 0 amide bonds. The molecule has 2 N–H and O–H groups in total. The van der Waals surface area contributed by atoms with Gasteiger partial charge < -0.3 is 10.3 Å². The van der Waals surface area contributed by atoms with E-state index in [1.54, 1.807) is 6.33 Å². The second-order valence-electron chi connectivity index (χ2n) is 3.50. The summed E-state index contributed by atoms with van der Waals surface area (Å²) in [6.07, 6.45) is 1.68. The second kappa shape index (κ2) is 3.28. The molecule has 0 aliphatic rings. The monoisotopic (exact) mass is 231 g/mol. The third-order valence-corrected chi connectivity index (χ3v) is 3.22. The molecule has 0 unspecified atom stereocenters. The predicted molar refractivity (Wildman–Crippen MR) is 64.0 cm³/mol. The van der Waals surface area contributed by atoms with Crippen molar-refractivity contribution >= 4 is 26.7 Å². The summed E-state index contributed by atoms with van der Waals surface area (Å²) in [4.78, 5) is 4.21. The molecular weight excluding hydrogens is 222 g/mol. The van der Waals surface area contributed by atoms with E-state index in [4.69, 9.17) is 5.73 Å². The molecule has 0 bridgehead atoms. The van der Waals surface area contributed by atoms with Gasteiger partial charge in [0, 0.05) is 12.6 Å². The number of benzene rings is 1. The number of rotatable bonds is 1. The van der Waals surface area contributed by atoms with Gasteiger partial charge in [-0.15, -0.1) is 10.2 Å². The largest absolute Gasteiger partial charge is 0.375 e. The number of nitrogens with two attached hydrogens (primary N) is 1. The Labute approximate surface area is 95.6 Å². The highest BCUT2D eigenvalue weighted by atomic mass is 32.1. The van der Waals surface area contributed by atoms with E-state index >= 15 is 0 Å². The van der Waals surface area contributed by atoms with Gasteiger partial charge in [0.05, 0.1) is 10.2 Å². The SMILES string of the molecule is Cn1cnnc1-c1ccc2nc(N)sc2c1. The Morgan fingerprint density at radius 2 is 2.25 bits per heavy atom. The molecule has 0 aliphatic heterocycles. The van der Waals surface area contributed by atoms with Gasteiger partial charge in [-0.05, 0) is 18.2 Å². The predicted octanol–water partition coefficient (Wildman–Crippen LogP) is 1.67. The van der Waals surface area contributed by atoms with Gasteiger partial charge in [-0.25, -0.2) is 4.98 Å². The standard InChI is InChI=1S/C10H9N5S/c1-15-5-12-14-9(15)6-2-3-7-8(4-6)16-10(11)13-7/h2-5H,1H3,(H2,11,13). The van der Waals surface area contributed by atoms with E-state index in [2.05, 4.69) is 15.2 Å². The summed E-state index contributed by atoms with van der Waals surface area (Å²) in [7, 11) is 1.92. The van der Waals surface area contributed by atoms with Crippen LogP contribution >= 0.6 is 11.3 Å². The molecule has 80 valence electrons. The average Bonchev–Trinajstić information content (AvgIpc) is 2.81. The molecule has 1 aromatic carbocycles. The van der Waals surface area contributed by atoms with Crippen LogP contribution in [0.15, 0.2) is 24.5 Å². The molecule has 0 atom stereocenters. The molecule has 2 aromatic heterocycles. The maximum absolute atomic E-state index is 5.66. The number of hydrogen-bond acceptors (Lipinski definition) is 5. The van der Waals surface area contributed by atoms with Crippen molar-refractivity contribution in [2.75, 3.05) is 5.73 Å². The van der Waals surface area contributed by atoms with E-state index in [-0.39, 0.29) is 0 Å². The van der Waals surface area contributed by atoms with Gasteiger partial charge in [-0.1, -0.05) is 11.3 Å². The summed E-state index contributed by atoms with van der Waals surface area (Å²) < 4.78 is 2.95. The minimum Gasteiger partial charge on any atom is -0.375 e. The highest BCUT2D eigenvalue weighted by Crippen LogP contribution is 2.27. The van der Waals surface area contributed by atoms with Crippen molar-refractivity contribution in [2.24, 2.45) is 7.05 Å². The zero-order valence-corrected chi connectivity index (χ0v) is 9.40. The molecule has 3 rings (SSSR count). The molecule has 6 heteroatoms. The van der Waals surface area contributed by atoms with Crippen LogP contribution in [0.3, 0.4) is 0 Å². The van der Waals surface area contributed by atoms with Gasteiger partial charge in [0.2, 0.25) is 0 Å². The third-order valence-electron chi connectivity index (χ3n) is 2.37. The topological polar surface area (TPSA) is 69.6 Å². The van der Waals surface area contributed by atoms with Gasteiger partial charge in [0.15, 0.2) is 11.0 Å². The van der Waals surface area contributed by atoms with Crippen LogP contribution < -0.4 is 5.73 Å². The lowest BCUT2D eigenvalue weighted by Crippen LogP contribution is -1.90. The molecular formula is C10H9N5S. The van der Waals surface area contributed by atoms with Crippen LogP contribution in [0, 0.1) is 0 Å². The van der Waals surface area contributed by atoms with Crippen molar-refractivity contribution in [1.82, 2.24) is 19.7 Å². The number of fused-ring (bicyclic) bond motifs is 1. The Balaban J connectivity index is 2.22. The Kier molecular flexibility index (Phi) is 1.90. The first-order chi connectivity index (χ1) is 7.74. The average molecular weight is 231 g/mol. The maximum Gasteiger partial charge on any atom is 0.181 e. The van der Waals surface area contributed by atoms with E-state index in [1.165, 1.54) is 11.3 Å². The van der Waals surface area contributed by atoms with Crippen molar-refractivity contribution < 1.29 is 0 Å². The summed E-state index contributed by atoms with van der Waals surface area (Å²) in [6, 6.07) is 5.96. The molecule has 0 fully saturated rings. The number of nitrogens with zero attached hydrogens (tertiary/aromatic N) is 4. The van der Waals surface area contributed by atoms with Gasteiger partial charge in [0.1, 0.15) is 6.33 Å². The number of anilines is 1. The van der Waals surface area contributed by atoms with Crippen molar-refractivity contribution in [2.45, 2.75) is 0 Å². The Morgan fingerprint density at radius 1 is 1.38 bits per heavy atom. The van der Waals surface area contributed by atoms with Gasteiger partial charge in [0.25, 0.3) is 0 Å². The minimum atomic E-state index is 0.588. The normalized spacial score (nSPS) is 11.1. The fraction of sp³-hybridized carbons (Fsp3) is 0.100. The number of hydrogen-bond donors (Lipinski definition) is 1. The molecule has 2 heterocycles. The zero-order valence-electron chi connectivity index (χ0n) is 8.58. The molecule has 16 heavy (non-hydrogen) atoms. The van der Waals surface area contributed by atoms with Crippen LogP contribution in [0.5, 0.6) is 0 Å². The third kappa shape index (κ3) is 1.35. The van der Waals surface area contributed by atoms with Crippen molar-refractivity contribution in [3.8, 4) is 11.4 Å². The summed E-state index contributed by atoms with van der Waals surface area (Å²) in [5, 5.41) is 8.51. The summed E-state index contributed by atoms with van der Waals surface area (Å²) in [6.45, 7) is 0. The van der Waals surface area contributed by atoms with E-state index in [0.717, 1.165) is 21.6 Å². The van der Waals surface area contributed by atoms with Crippen LogP contribution in [-0.4, -0.2) is 19.7 Å². The number of nitrogen functional groups attached to an aromatic ring is 1. The lowest BCUT2D eigenvalue weighted by atomic mass is 10.2. The van der Waals surface area contributed by atoms with E-state index in [1.807, 2.05) is 29.8 Å². The molecule has 5 nitrogen and oxygen atoms in total. The highest BCUT2D eigenvalue weighted by molar-refractivity contribution is 7.22. The summed E-state index contributed by atoms with van der Waals surface area (Å²) in [5.74, 6) is 0.842. The lowest BCUT2D eigenvalue weighted by molar-refractivity contribution is 0.920. The number of aryl methyl sites for hydroxylation is 1. The highest BCUT2D eigenvalue weighted by Gasteiger charge is 2.07. The Morgan fingerprint density at radius 3 is 3.00 bits per heavy atom. The minimum absolute atomic E-state index is 0.588. The smallest absolute Gasteiger partial charge is 0.181 e. The van der Waals surface area contributed by atoms with Crippen molar-refractivity contribution in [3.63, 3.8) is 0 Å². The van der Waals surface area contributed by atoms with Crippen LogP contribution in [0.4, 0.5) is 5.13 Å². The second-order valence-corrected chi connectivity index (χ2v) is 4.56. The van der Waals surface area contributed by atoms with E-state index in [9.17, 15) is 0 Å². The van der Waals surface area contributed by atoms with Crippen LogP contribution in [-0.2, 0) is 7.05 Å². The first kappa shape index (κ1) is 9.29. The molecule has 0 saturated heterocycles.